The molecule has 0 amide bonds. The van der Waals surface area contributed by atoms with Crippen LogP contribution >= 0.6 is 0 Å². The molecule has 30 heavy (non-hydrogen) atoms. The van der Waals surface area contributed by atoms with Gasteiger partial charge < -0.3 is 9.40 Å². The molecule has 2 aromatic carbocycles. The van der Waals surface area contributed by atoms with Gasteiger partial charge in [0.15, 0.2) is 0 Å². The summed E-state index contributed by atoms with van der Waals surface area (Å²) in [6, 6.07) is 18.5. The zero-order valence-corrected chi connectivity index (χ0v) is 16.6. The van der Waals surface area contributed by atoms with Gasteiger partial charge in [-0.1, -0.05) is 23.4 Å². The maximum Gasteiger partial charge on any atom is 0.269 e. The highest BCUT2D eigenvalue weighted by molar-refractivity contribution is 5.83. The first-order chi connectivity index (χ1) is 14.5. The molecule has 4 rings (SSSR count). The van der Waals surface area contributed by atoms with E-state index in [1.807, 2.05) is 38.1 Å². The predicted octanol–water partition coefficient (Wildman–Crippen LogP) is 5.10. The number of aryl methyl sites for hydroxylation is 1. The minimum atomic E-state index is -0.426. The molecule has 7 heteroatoms. The third-order valence-electron chi connectivity index (χ3n) is 4.93. The first kappa shape index (κ1) is 19.3. The van der Waals surface area contributed by atoms with Crippen LogP contribution in [0.15, 0.2) is 72.0 Å². The Morgan fingerprint density at radius 3 is 2.83 bits per heavy atom. The average molecular weight is 400 g/mol. The van der Waals surface area contributed by atoms with Gasteiger partial charge in [0, 0.05) is 46.4 Å². The van der Waals surface area contributed by atoms with Crippen LogP contribution in [-0.4, -0.2) is 20.7 Å². The zero-order valence-electron chi connectivity index (χ0n) is 16.6. The van der Waals surface area contributed by atoms with Gasteiger partial charge in [-0.2, -0.15) is 0 Å². The van der Waals surface area contributed by atoms with Gasteiger partial charge >= 0.3 is 0 Å². The summed E-state index contributed by atoms with van der Waals surface area (Å²) in [5.74, 6) is 0. The molecule has 0 radical (unpaired) electrons. The fraction of sp³-hybridized carbons (Fsp3) is 0.130. The second-order valence-electron chi connectivity index (χ2n) is 6.98. The van der Waals surface area contributed by atoms with Gasteiger partial charge in [0.1, 0.15) is 6.61 Å². The SMILES string of the molecule is Cc1cc(/C=N\OCc2cccc([N+](=O)[O-])c2)c(C)n1-c1ccc2ncccc2c1. The van der Waals surface area contributed by atoms with Gasteiger partial charge in [0.25, 0.3) is 5.69 Å². The number of nitro benzene ring substituents is 1. The van der Waals surface area contributed by atoms with Crippen LogP contribution in [0, 0.1) is 24.0 Å². The normalized spacial score (nSPS) is 11.3. The molecule has 0 unspecified atom stereocenters. The van der Waals surface area contributed by atoms with Crippen LogP contribution in [-0.2, 0) is 11.4 Å². The zero-order chi connectivity index (χ0) is 21.1. The number of non-ortho nitro benzene ring substituents is 1. The van der Waals surface area contributed by atoms with Crippen LogP contribution in [0.1, 0.15) is 22.5 Å². The van der Waals surface area contributed by atoms with Crippen LogP contribution in [0.25, 0.3) is 16.6 Å². The minimum Gasteiger partial charge on any atom is -0.391 e. The Morgan fingerprint density at radius 2 is 2.00 bits per heavy atom. The summed E-state index contributed by atoms with van der Waals surface area (Å²) in [6.07, 6.45) is 3.45. The molecule has 0 bridgehead atoms. The molecule has 7 nitrogen and oxygen atoms in total. The second kappa shape index (κ2) is 8.16. The van der Waals surface area contributed by atoms with Gasteiger partial charge in [0.2, 0.25) is 0 Å². The number of fused-ring (bicyclic) bond motifs is 1. The van der Waals surface area contributed by atoms with Crippen LogP contribution in [0.5, 0.6) is 0 Å². The van der Waals surface area contributed by atoms with E-state index in [0.717, 1.165) is 33.5 Å². The van der Waals surface area contributed by atoms with Gasteiger partial charge in [-0.05, 0) is 49.7 Å². The molecule has 0 spiro atoms. The Labute approximate surface area is 173 Å². The Hall–Kier alpha value is -4.00. The van der Waals surface area contributed by atoms with Crippen molar-refractivity contribution in [2.75, 3.05) is 0 Å². The quantitative estimate of drug-likeness (QED) is 0.256. The second-order valence-corrected chi connectivity index (χ2v) is 6.98. The minimum absolute atomic E-state index is 0.0363. The van der Waals surface area contributed by atoms with Crippen molar-refractivity contribution in [1.82, 2.24) is 9.55 Å². The number of aromatic nitrogens is 2. The molecule has 0 saturated carbocycles. The maximum atomic E-state index is 10.9. The van der Waals surface area contributed by atoms with Crippen molar-refractivity contribution >= 4 is 22.8 Å². The largest absolute Gasteiger partial charge is 0.391 e. The van der Waals surface area contributed by atoms with Crippen LogP contribution < -0.4 is 0 Å². The molecule has 0 aliphatic rings. The van der Waals surface area contributed by atoms with Crippen molar-refractivity contribution in [3.63, 3.8) is 0 Å². The molecule has 0 saturated heterocycles. The highest BCUT2D eigenvalue weighted by Crippen LogP contribution is 2.23. The molecule has 0 aliphatic heterocycles. The summed E-state index contributed by atoms with van der Waals surface area (Å²) in [7, 11) is 0. The number of benzene rings is 2. The Kier molecular flexibility index (Phi) is 5.26. The van der Waals surface area contributed by atoms with E-state index in [0.29, 0.717) is 5.56 Å². The smallest absolute Gasteiger partial charge is 0.269 e. The number of nitro groups is 1. The first-order valence-electron chi connectivity index (χ1n) is 9.46. The summed E-state index contributed by atoms with van der Waals surface area (Å²) >= 11 is 0. The van der Waals surface area contributed by atoms with Gasteiger partial charge in [-0.15, -0.1) is 0 Å². The molecule has 2 aromatic heterocycles. The highest BCUT2D eigenvalue weighted by Gasteiger charge is 2.10. The van der Waals surface area contributed by atoms with Crippen LogP contribution in [0.2, 0.25) is 0 Å². The summed E-state index contributed by atoms with van der Waals surface area (Å²) in [4.78, 5) is 20.2. The molecule has 4 aromatic rings. The van der Waals surface area contributed by atoms with Gasteiger partial charge in [-0.3, -0.25) is 15.1 Å². The summed E-state index contributed by atoms with van der Waals surface area (Å²) < 4.78 is 2.16. The number of pyridine rings is 1. The van der Waals surface area contributed by atoms with Gasteiger partial charge in [-0.25, -0.2) is 0 Å². The van der Waals surface area contributed by atoms with Crippen molar-refractivity contribution in [1.29, 1.82) is 0 Å². The summed E-state index contributed by atoms with van der Waals surface area (Å²) in [5, 5.41) is 16.0. The van der Waals surface area contributed by atoms with E-state index in [-0.39, 0.29) is 12.3 Å². The van der Waals surface area contributed by atoms with E-state index in [9.17, 15) is 10.1 Å². The molecule has 2 heterocycles. The monoisotopic (exact) mass is 400 g/mol. The number of rotatable bonds is 6. The van der Waals surface area contributed by atoms with Crippen molar-refractivity contribution < 1.29 is 9.76 Å². The fourth-order valence-corrected chi connectivity index (χ4v) is 3.48. The number of hydrogen-bond donors (Lipinski definition) is 0. The van der Waals surface area contributed by atoms with E-state index >= 15 is 0 Å². The van der Waals surface area contributed by atoms with Crippen LogP contribution in [0.4, 0.5) is 5.69 Å². The lowest BCUT2D eigenvalue weighted by atomic mass is 10.2. The molecular formula is C23H20N4O3. The van der Waals surface area contributed by atoms with Crippen molar-refractivity contribution in [3.8, 4) is 5.69 Å². The van der Waals surface area contributed by atoms with Gasteiger partial charge in [0.05, 0.1) is 16.7 Å². The third kappa shape index (κ3) is 3.91. The van der Waals surface area contributed by atoms with E-state index in [1.54, 1.807) is 24.5 Å². The average Bonchev–Trinajstić information content (AvgIpc) is 3.04. The number of hydrogen-bond acceptors (Lipinski definition) is 5. The lowest BCUT2D eigenvalue weighted by Gasteiger charge is -2.10. The Bertz CT molecular complexity index is 1260. The molecule has 0 N–H and O–H groups in total. The summed E-state index contributed by atoms with van der Waals surface area (Å²) in [5.41, 5.74) is 5.81. The molecule has 0 fully saturated rings. The van der Waals surface area contributed by atoms with Crippen molar-refractivity contribution in [3.05, 3.63) is 99.5 Å². The standard InChI is InChI=1S/C23H20N4O3/c1-16-11-20(14-25-30-15-18-5-3-7-22(12-18)27(28)29)17(2)26(16)21-8-9-23-19(13-21)6-4-10-24-23/h3-14H,15H2,1-2H3/b25-14-. The molecule has 0 atom stereocenters. The number of oxime groups is 1. The molecular weight excluding hydrogens is 380 g/mol. The maximum absolute atomic E-state index is 10.9. The topological polar surface area (TPSA) is 82.5 Å². The molecule has 0 aliphatic carbocycles. The first-order valence-corrected chi connectivity index (χ1v) is 9.46. The predicted molar refractivity (Wildman–Crippen MR) is 116 cm³/mol. The summed E-state index contributed by atoms with van der Waals surface area (Å²) in [6.45, 7) is 4.23. The fourth-order valence-electron chi connectivity index (χ4n) is 3.48. The number of nitrogens with zero attached hydrogens (tertiary/aromatic N) is 4. The highest BCUT2D eigenvalue weighted by atomic mass is 16.6. The van der Waals surface area contributed by atoms with Crippen molar-refractivity contribution in [2.45, 2.75) is 20.5 Å². The van der Waals surface area contributed by atoms with E-state index in [1.165, 1.54) is 12.1 Å². The Balaban J connectivity index is 1.51. The van der Waals surface area contributed by atoms with E-state index in [4.69, 9.17) is 4.84 Å². The van der Waals surface area contributed by atoms with E-state index < -0.39 is 4.92 Å². The van der Waals surface area contributed by atoms with Crippen LogP contribution in [0.3, 0.4) is 0 Å². The third-order valence-corrected chi connectivity index (χ3v) is 4.93. The van der Waals surface area contributed by atoms with E-state index in [2.05, 4.69) is 26.8 Å². The lowest BCUT2D eigenvalue weighted by molar-refractivity contribution is -0.384. The van der Waals surface area contributed by atoms with Crippen molar-refractivity contribution in [2.24, 2.45) is 5.16 Å². The Morgan fingerprint density at radius 1 is 1.13 bits per heavy atom. The molecule has 150 valence electrons. The lowest BCUT2D eigenvalue weighted by Crippen LogP contribution is -2.00.